The molecule has 0 aliphatic heterocycles. The number of benzene rings is 2. The quantitative estimate of drug-likeness (QED) is 0.659. The highest BCUT2D eigenvalue weighted by atomic mass is 32.2. The highest BCUT2D eigenvalue weighted by Crippen LogP contribution is 2.28. The first-order valence-corrected chi connectivity index (χ1v) is 8.74. The van der Waals surface area contributed by atoms with Gasteiger partial charge in [0.25, 0.3) is 0 Å². The zero-order valence-corrected chi connectivity index (χ0v) is 14.5. The number of hydrogen-bond donors (Lipinski definition) is 1. The number of thioether (sulfide) groups is 1. The summed E-state index contributed by atoms with van der Waals surface area (Å²) in [5.74, 6) is 0.963. The molecule has 22 heavy (non-hydrogen) atoms. The monoisotopic (exact) mass is 310 g/mol. The summed E-state index contributed by atoms with van der Waals surface area (Å²) < 4.78 is 0. The Bertz CT molecular complexity index is 818. The SMILES string of the molecule is CCc1ccc(C)c(CSc2nc3ccc(C)cc3[nH]2)c1C. The number of aromatic amines is 1. The maximum Gasteiger partial charge on any atom is 0.166 e. The van der Waals surface area contributed by atoms with E-state index in [1.807, 2.05) is 0 Å². The minimum atomic E-state index is 0.963. The Morgan fingerprint density at radius 2 is 1.91 bits per heavy atom. The molecule has 3 rings (SSSR count). The Balaban J connectivity index is 1.85. The van der Waals surface area contributed by atoms with Gasteiger partial charge in [0, 0.05) is 5.75 Å². The average Bonchev–Trinajstić information content (AvgIpc) is 2.89. The predicted octanol–water partition coefficient (Wildman–Crippen LogP) is 5.34. The van der Waals surface area contributed by atoms with E-state index in [-0.39, 0.29) is 0 Å². The largest absolute Gasteiger partial charge is 0.333 e. The van der Waals surface area contributed by atoms with Gasteiger partial charge in [0.15, 0.2) is 5.16 Å². The summed E-state index contributed by atoms with van der Waals surface area (Å²) in [6, 6.07) is 10.8. The molecule has 3 aromatic rings. The van der Waals surface area contributed by atoms with Gasteiger partial charge in [-0.15, -0.1) is 0 Å². The molecule has 0 aliphatic carbocycles. The molecular weight excluding hydrogens is 288 g/mol. The Morgan fingerprint density at radius 1 is 1.09 bits per heavy atom. The molecule has 0 bridgehead atoms. The third-order valence-electron chi connectivity index (χ3n) is 4.29. The number of H-pyrrole nitrogens is 1. The second kappa shape index (κ2) is 6.17. The van der Waals surface area contributed by atoms with Gasteiger partial charge in [-0.05, 0) is 67.1 Å². The van der Waals surface area contributed by atoms with E-state index in [0.717, 1.165) is 28.4 Å². The molecule has 1 aromatic heterocycles. The molecule has 0 unspecified atom stereocenters. The fourth-order valence-electron chi connectivity index (χ4n) is 2.85. The predicted molar refractivity (Wildman–Crippen MR) is 95.7 cm³/mol. The highest BCUT2D eigenvalue weighted by molar-refractivity contribution is 7.98. The molecule has 0 fully saturated rings. The van der Waals surface area contributed by atoms with Crippen LogP contribution in [0.15, 0.2) is 35.5 Å². The van der Waals surface area contributed by atoms with E-state index >= 15 is 0 Å². The smallest absolute Gasteiger partial charge is 0.166 e. The van der Waals surface area contributed by atoms with E-state index < -0.39 is 0 Å². The fourth-order valence-corrected chi connectivity index (χ4v) is 3.93. The summed E-state index contributed by atoms with van der Waals surface area (Å²) in [5.41, 5.74) is 9.12. The maximum absolute atomic E-state index is 4.68. The molecule has 0 saturated carbocycles. The molecule has 3 heteroatoms. The lowest BCUT2D eigenvalue weighted by Crippen LogP contribution is -1.97. The van der Waals surface area contributed by atoms with Crippen LogP contribution in [-0.2, 0) is 12.2 Å². The van der Waals surface area contributed by atoms with Gasteiger partial charge in [-0.3, -0.25) is 0 Å². The van der Waals surface area contributed by atoms with Crippen molar-refractivity contribution >= 4 is 22.8 Å². The van der Waals surface area contributed by atoms with E-state index in [1.54, 1.807) is 11.8 Å². The third kappa shape index (κ3) is 2.91. The van der Waals surface area contributed by atoms with Crippen molar-refractivity contribution < 1.29 is 0 Å². The van der Waals surface area contributed by atoms with E-state index in [9.17, 15) is 0 Å². The molecule has 0 spiro atoms. The number of aromatic nitrogens is 2. The minimum Gasteiger partial charge on any atom is -0.333 e. The zero-order valence-electron chi connectivity index (χ0n) is 13.7. The van der Waals surface area contributed by atoms with E-state index in [0.29, 0.717) is 0 Å². The van der Waals surface area contributed by atoms with Crippen LogP contribution in [0.1, 0.15) is 34.7 Å². The van der Waals surface area contributed by atoms with Crippen molar-refractivity contribution in [3.63, 3.8) is 0 Å². The summed E-state index contributed by atoms with van der Waals surface area (Å²) in [7, 11) is 0. The first kappa shape index (κ1) is 15.2. The number of aryl methyl sites for hydroxylation is 3. The van der Waals surface area contributed by atoms with Crippen LogP contribution in [0.25, 0.3) is 11.0 Å². The van der Waals surface area contributed by atoms with Crippen molar-refractivity contribution in [1.82, 2.24) is 9.97 Å². The molecule has 114 valence electrons. The first-order chi connectivity index (χ1) is 10.6. The van der Waals surface area contributed by atoms with E-state index in [1.165, 1.54) is 27.8 Å². The van der Waals surface area contributed by atoms with Gasteiger partial charge in [0.1, 0.15) is 0 Å². The van der Waals surface area contributed by atoms with Crippen LogP contribution in [0.2, 0.25) is 0 Å². The topological polar surface area (TPSA) is 28.7 Å². The molecule has 2 nitrogen and oxygen atoms in total. The molecule has 0 amide bonds. The first-order valence-electron chi connectivity index (χ1n) is 7.75. The highest BCUT2D eigenvalue weighted by Gasteiger charge is 2.09. The maximum atomic E-state index is 4.68. The summed E-state index contributed by atoms with van der Waals surface area (Å²) in [4.78, 5) is 8.10. The van der Waals surface area contributed by atoms with Gasteiger partial charge in [0.05, 0.1) is 11.0 Å². The van der Waals surface area contributed by atoms with Gasteiger partial charge in [-0.1, -0.05) is 36.9 Å². The van der Waals surface area contributed by atoms with Crippen LogP contribution in [0, 0.1) is 20.8 Å². The second-order valence-electron chi connectivity index (χ2n) is 5.85. The third-order valence-corrected chi connectivity index (χ3v) is 5.19. The Labute approximate surface area is 136 Å². The van der Waals surface area contributed by atoms with Gasteiger partial charge in [-0.25, -0.2) is 4.98 Å². The Kier molecular flexibility index (Phi) is 4.25. The average molecular weight is 310 g/mol. The number of imidazole rings is 1. The summed E-state index contributed by atoms with van der Waals surface area (Å²) in [6.45, 7) is 8.76. The Morgan fingerprint density at radius 3 is 2.68 bits per heavy atom. The lowest BCUT2D eigenvalue weighted by atomic mass is 9.97. The summed E-state index contributed by atoms with van der Waals surface area (Å²) in [6.07, 6.45) is 1.09. The van der Waals surface area contributed by atoms with Crippen LogP contribution in [-0.4, -0.2) is 9.97 Å². The number of nitrogens with zero attached hydrogens (tertiary/aromatic N) is 1. The molecule has 0 radical (unpaired) electrons. The number of rotatable bonds is 4. The normalized spacial score (nSPS) is 11.3. The molecular formula is C19H22N2S. The molecule has 0 atom stereocenters. The lowest BCUT2D eigenvalue weighted by Gasteiger charge is -2.12. The Hall–Kier alpha value is -1.74. The molecule has 1 heterocycles. The molecule has 2 aromatic carbocycles. The molecule has 0 saturated heterocycles. The van der Waals surface area contributed by atoms with Crippen molar-refractivity contribution in [2.24, 2.45) is 0 Å². The standard InChI is InChI=1S/C19H22N2S/c1-5-15-8-7-13(3)16(14(15)4)11-22-19-20-17-9-6-12(2)10-18(17)21-19/h6-10H,5,11H2,1-4H3,(H,20,21). The van der Waals surface area contributed by atoms with Gasteiger partial charge in [-0.2, -0.15) is 0 Å². The molecule has 0 aliphatic rings. The van der Waals surface area contributed by atoms with Crippen LogP contribution in [0.4, 0.5) is 0 Å². The van der Waals surface area contributed by atoms with Crippen molar-refractivity contribution in [3.8, 4) is 0 Å². The number of hydrogen-bond acceptors (Lipinski definition) is 2. The van der Waals surface area contributed by atoms with Crippen LogP contribution >= 0.6 is 11.8 Å². The fraction of sp³-hybridized carbons (Fsp3) is 0.316. The zero-order chi connectivity index (χ0) is 15.7. The molecule has 1 N–H and O–H groups in total. The van der Waals surface area contributed by atoms with Gasteiger partial charge >= 0.3 is 0 Å². The van der Waals surface area contributed by atoms with Crippen molar-refractivity contribution in [2.75, 3.05) is 0 Å². The summed E-state index contributed by atoms with van der Waals surface area (Å²) >= 11 is 1.79. The number of nitrogens with one attached hydrogen (secondary N) is 1. The van der Waals surface area contributed by atoms with E-state index in [2.05, 4.69) is 68.0 Å². The minimum absolute atomic E-state index is 0.963. The van der Waals surface area contributed by atoms with Crippen molar-refractivity contribution in [2.45, 2.75) is 45.0 Å². The van der Waals surface area contributed by atoms with Crippen LogP contribution in [0.3, 0.4) is 0 Å². The lowest BCUT2D eigenvalue weighted by molar-refractivity contribution is 1.06. The van der Waals surface area contributed by atoms with E-state index in [4.69, 9.17) is 0 Å². The summed E-state index contributed by atoms with van der Waals surface area (Å²) in [5, 5.41) is 1.00. The van der Waals surface area contributed by atoms with Gasteiger partial charge in [0.2, 0.25) is 0 Å². The van der Waals surface area contributed by atoms with Gasteiger partial charge < -0.3 is 4.98 Å². The van der Waals surface area contributed by atoms with Crippen molar-refractivity contribution in [3.05, 3.63) is 58.1 Å². The van der Waals surface area contributed by atoms with Crippen molar-refractivity contribution in [1.29, 1.82) is 0 Å². The second-order valence-corrected chi connectivity index (χ2v) is 6.81. The van der Waals surface area contributed by atoms with Crippen LogP contribution in [0.5, 0.6) is 0 Å². The van der Waals surface area contributed by atoms with Crippen LogP contribution < -0.4 is 0 Å². The number of fused-ring (bicyclic) bond motifs is 1.